The Labute approximate surface area is 634 Å². The Morgan fingerprint density at radius 2 is 0.376 bits per heavy atom. The highest BCUT2D eigenvalue weighted by molar-refractivity contribution is 5.81. The predicted octanol–water partition coefficient (Wildman–Crippen LogP) is 31.8. The lowest BCUT2D eigenvalue weighted by molar-refractivity contribution is -0.122. The Hall–Kier alpha value is -3.02. The van der Waals surface area contributed by atoms with Crippen LogP contribution in [0.2, 0.25) is 0 Å². The molecule has 0 rings (SSSR count). The lowest BCUT2D eigenvalue weighted by Crippen LogP contribution is -2.05. The van der Waals surface area contributed by atoms with E-state index < -0.39 is 0 Å². The van der Waals surface area contributed by atoms with Crippen molar-refractivity contribution in [2.24, 2.45) is 35.5 Å². The molecule has 0 aliphatic rings. The largest absolute Gasteiger partial charge is 0.300 e. The van der Waals surface area contributed by atoms with E-state index in [1.807, 2.05) is 69.2 Å². The van der Waals surface area contributed by atoms with E-state index in [2.05, 4.69) is 97.1 Å². The van der Waals surface area contributed by atoms with Crippen LogP contribution in [0.15, 0.2) is 48.6 Å². The number of hydrogen-bond donors (Lipinski definition) is 0. The van der Waals surface area contributed by atoms with Crippen LogP contribution < -0.4 is 0 Å². The molecule has 0 saturated heterocycles. The average molecular weight is 1420 g/mol. The minimum atomic E-state index is 0.196. The molecule has 598 valence electrons. The molecule has 0 spiro atoms. The summed E-state index contributed by atoms with van der Waals surface area (Å²) in [5, 5.41) is 0. The molecule has 0 atom stereocenters. The van der Waals surface area contributed by atoms with Gasteiger partial charge >= 0.3 is 0 Å². The van der Waals surface area contributed by atoms with Crippen molar-refractivity contribution in [3.05, 3.63) is 48.6 Å². The quantitative estimate of drug-likeness (QED) is 0.0444. The minimum absolute atomic E-state index is 0.196. The van der Waals surface area contributed by atoms with Crippen LogP contribution in [0.25, 0.3) is 0 Å². The Morgan fingerprint density at radius 3 is 0.594 bits per heavy atom. The van der Waals surface area contributed by atoms with Crippen molar-refractivity contribution >= 4 is 34.7 Å². The van der Waals surface area contributed by atoms with Crippen LogP contribution in [-0.2, 0) is 28.8 Å². The summed E-state index contributed by atoms with van der Waals surface area (Å²) in [6, 6.07) is 0. The molecule has 0 bridgehead atoms. The van der Waals surface area contributed by atoms with Gasteiger partial charge in [0.15, 0.2) is 0 Å². The Balaban J connectivity index is -0.000000274. The first kappa shape index (κ1) is 109. The SMILES string of the molecule is CC(=O)CCCC(C)C.CCCCC/C=C\C/C=C\C/C=C\CCCCC(=O)C(C)C.CCCCCCCC(=O)C(C)C.CCCCCCCC/C=C\CCCCCCCC(=O)C(C)C.CCCCCCCCCCCC(=O)C(C)C.CCCCCCCCCCCCCCCC(=O)C(C)C. The average Bonchev–Trinajstić information content (AvgIpc) is 2.41. The van der Waals surface area contributed by atoms with Gasteiger partial charge in [-0.1, -0.05) is 391 Å². The first-order valence-corrected chi connectivity index (χ1v) is 44.3. The third-order valence-electron chi connectivity index (χ3n) is 18.9. The van der Waals surface area contributed by atoms with Gasteiger partial charge in [0.25, 0.3) is 0 Å². The van der Waals surface area contributed by atoms with E-state index in [1.165, 1.54) is 263 Å². The first-order chi connectivity index (χ1) is 48.5. The second-order valence-electron chi connectivity index (χ2n) is 31.8. The van der Waals surface area contributed by atoms with Crippen molar-refractivity contribution in [2.75, 3.05) is 0 Å². The van der Waals surface area contributed by atoms with Gasteiger partial charge in [0.05, 0.1) is 0 Å². The summed E-state index contributed by atoms with van der Waals surface area (Å²) in [6.07, 6.45) is 88.7. The zero-order valence-electron chi connectivity index (χ0n) is 71.8. The number of allylic oxidation sites excluding steroid dienone is 8. The maximum absolute atomic E-state index is 11.5. The summed E-state index contributed by atoms with van der Waals surface area (Å²) in [7, 11) is 0. The molecule has 0 aliphatic carbocycles. The molecule has 101 heavy (non-hydrogen) atoms. The van der Waals surface area contributed by atoms with E-state index in [1.54, 1.807) is 6.92 Å². The van der Waals surface area contributed by atoms with E-state index in [9.17, 15) is 28.8 Å². The second kappa shape index (κ2) is 93.1. The summed E-state index contributed by atoms with van der Waals surface area (Å²) in [6.45, 7) is 37.2. The molecular formula is C95H182O6. The topological polar surface area (TPSA) is 102 Å². The number of rotatable bonds is 67. The molecule has 6 nitrogen and oxygen atoms in total. The van der Waals surface area contributed by atoms with Gasteiger partial charge in [-0.05, 0) is 116 Å². The molecule has 0 aromatic carbocycles. The van der Waals surface area contributed by atoms with Crippen LogP contribution in [0.3, 0.4) is 0 Å². The number of Topliss-reactive ketones (excluding diaryl/α,β-unsaturated/α-hetero) is 6. The van der Waals surface area contributed by atoms with Crippen molar-refractivity contribution in [3.63, 3.8) is 0 Å². The summed E-state index contributed by atoms with van der Waals surface area (Å²) < 4.78 is 0. The number of unbranched alkanes of at least 4 members (excludes halogenated alkanes) is 40. The third-order valence-corrected chi connectivity index (χ3v) is 18.9. The Bertz CT molecular complexity index is 1820. The van der Waals surface area contributed by atoms with Crippen LogP contribution in [0.5, 0.6) is 0 Å². The molecule has 0 heterocycles. The van der Waals surface area contributed by atoms with Crippen molar-refractivity contribution in [1.29, 1.82) is 0 Å². The van der Waals surface area contributed by atoms with Crippen molar-refractivity contribution in [1.82, 2.24) is 0 Å². The summed E-state index contributed by atoms with van der Waals surface area (Å²) in [5.74, 6) is 4.28. The Kier molecular flexibility index (Phi) is 100. The predicted molar refractivity (Wildman–Crippen MR) is 453 cm³/mol. The molecule has 0 fully saturated rings. The lowest BCUT2D eigenvalue weighted by atomic mass is 10.0. The number of ketones is 6. The molecule has 0 aromatic rings. The monoisotopic (exact) mass is 1420 g/mol. The molecule has 0 aromatic heterocycles. The third kappa shape index (κ3) is 108. The van der Waals surface area contributed by atoms with Crippen molar-refractivity contribution < 1.29 is 28.8 Å². The fraction of sp³-hybridized carbons (Fsp3) is 0.853. The van der Waals surface area contributed by atoms with Crippen molar-refractivity contribution in [3.8, 4) is 0 Å². The molecule has 0 amide bonds. The maximum atomic E-state index is 11.5. The fourth-order valence-electron chi connectivity index (χ4n) is 11.3. The van der Waals surface area contributed by atoms with Crippen LogP contribution in [0.4, 0.5) is 0 Å². The minimum Gasteiger partial charge on any atom is -0.300 e. The first-order valence-electron chi connectivity index (χ1n) is 44.3. The van der Waals surface area contributed by atoms with E-state index in [-0.39, 0.29) is 29.6 Å². The number of carbonyl (C=O) groups is 6. The normalized spacial score (nSPS) is 11.4. The molecule has 0 N–H and O–H groups in total. The van der Waals surface area contributed by atoms with Gasteiger partial charge in [0.2, 0.25) is 0 Å². The summed E-state index contributed by atoms with van der Waals surface area (Å²) in [5.41, 5.74) is 0. The molecule has 6 heteroatoms. The Morgan fingerprint density at radius 1 is 0.208 bits per heavy atom. The van der Waals surface area contributed by atoms with Crippen LogP contribution in [0, 0.1) is 35.5 Å². The van der Waals surface area contributed by atoms with Crippen LogP contribution in [-0.4, -0.2) is 34.7 Å². The highest BCUT2D eigenvalue weighted by Crippen LogP contribution is 2.17. The van der Waals surface area contributed by atoms with Gasteiger partial charge < -0.3 is 4.79 Å². The van der Waals surface area contributed by atoms with Gasteiger partial charge in [-0.15, -0.1) is 0 Å². The zero-order chi connectivity index (χ0) is 76.9. The lowest BCUT2D eigenvalue weighted by Gasteiger charge is -2.04. The standard InChI is InChI=1S/C21H40O.C21H36O.C19H38O.C15H30O.C11H22O.C8H16O/c2*1-4-5-6-7-8-9-10-11-12-13-14-15-16-17-18-19-21(22)20(2)3;1-4-5-6-7-8-9-10-11-12-13-14-15-16-17-19(20)18(2)3;1-4-5-6-7-8-9-10-11-12-13-15(16)14(2)3;1-4-5-6-7-8-9-11(12)10(2)3;1-7(2)5-4-6-8(3)9/h11-12,20H,4-10,13-19H2,1-3H3;8-9,11-12,14-15,20H,4-7,10,13,16-19H2,1-3H3;18H,4-17H2,1-3H3;14H,4-13H2,1-3H3;10H,4-9H2,1-3H3;7H,4-6H2,1-3H3/b12-11-;9-8-,12-11-,15-14-;;;;. The number of carbonyl (C=O) groups excluding carboxylic acids is 6. The highest BCUT2D eigenvalue weighted by Gasteiger charge is 2.10. The fourth-order valence-corrected chi connectivity index (χ4v) is 11.3. The smallest absolute Gasteiger partial charge is 0.135 e. The van der Waals surface area contributed by atoms with Crippen molar-refractivity contribution in [2.45, 2.75) is 491 Å². The molecule has 0 aliphatic heterocycles. The molecule has 0 unspecified atom stereocenters. The van der Waals surface area contributed by atoms with E-state index in [0.29, 0.717) is 34.7 Å². The number of hydrogen-bond acceptors (Lipinski definition) is 6. The molecular weight excluding hydrogens is 1240 g/mol. The van der Waals surface area contributed by atoms with E-state index in [4.69, 9.17) is 0 Å². The van der Waals surface area contributed by atoms with Crippen LogP contribution in [0.1, 0.15) is 491 Å². The zero-order valence-corrected chi connectivity index (χ0v) is 71.8. The van der Waals surface area contributed by atoms with Gasteiger partial charge in [-0.2, -0.15) is 0 Å². The second-order valence-corrected chi connectivity index (χ2v) is 31.8. The molecule has 0 radical (unpaired) electrons. The summed E-state index contributed by atoms with van der Waals surface area (Å²) >= 11 is 0. The highest BCUT2D eigenvalue weighted by atomic mass is 16.1. The molecule has 0 saturated carbocycles. The van der Waals surface area contributed by atoms with Gasteiger partial charge in [-0.3, -0.25) is 24.0 Å². The van der Waals surface area contributed by atoms with E-state index >= 15 is 0 Å². The van der Waals surface area contributed by atoms with Crippen LogP contribution >= 0.6 is 0 Å². The van der Waals surface area contributed by atoms with Gasteiger partial charge in [0.1, 0.15) is 34.7 Å². The maximum Gasteiger partial charge on any atom is 0.135 e. The van der Waals surface area contributed by atoms with Gasteiger partial charge in [0, 0.05) is 68.1 Å². The van der Waals surface area contributed by atoms with E-state index in [0.717, 1.165) is 109 Å². The van der Waals surface area contributed by atoms with Gasteiger partial charge in [-0.25, -0.2) is 0 Å². The summed E-state index contributed by atoms with van der Waals surface area (Å²) in [4.78, 5) is 67.3.